The average Bonchev–Trinajstić information content (AvgIpc) is 3.24. The lowest BCUT2D eigenvalue weighted by Gasteiger charge is -2.30. The molecule has 1 aliphatic heterocycles. The number of piperidine rings is 1. The summed E-state index contributed by atoms with van der Waals surface area (Å²) in [6, 6.07) is 0.255. The highest BCUT2D eigenvalue weighted by Gasteiger charge is 2.38. The Balaban J connectivity index is 2.14. The molecular weight excluding hydrogens is 300 g/mol. The van der Waals surface area contributed by atoms with Crippen molar-refractivity contribution >= 4 is 12.6 Å². The van der Waals surface area contributed by atoms with Crippen LogP contribution in [0.3, 0.4) is 0 Å². The summed E-state index contributed by atoms with van der Waals surface area (Å²) >= 11 is 0. The fourth-order valence-electron chi connectivity index (χ4n) is 3.15. The van der Waals surface area contributed by atoms with Crippen LogP contribution in [0.25, 0.3) is 0 Å². The van der Waals surface area contributed by atoms with Crippen LogP contribution in [0.1, 0.15) is 53.4 Å². The molecule has 0 bridgehead atoms. The number of nitrogens with one attached hydrogen (secondary N) is 2. The van der Waals surface area contributed by atoms with Crippen molar-refractivity contribution in [3.05, 3.63) is 22.5 Å². The summed E-state index contributed by atoms with van der Waals surface area (Å²) in [6.45, 7) is 13.8. The summed E-state index contributed by atoms with van der Waals surface area (Å²) in [5.41, 5.74) is 2.72. The number of rotatable bonds is 6. The molecule has 0 radical (unpaired) electrons. The van der Waals surface area contributed by atoms with Crippen molar-refractivity contribution in [1.82, 2.24) is 15.5 Å². The normalized spacial score (nSPS) is 21.5. The number of hydrogen-bond acceptors (Lipinski definition) is 4. The van der Waals surface area contributed by atoms with Crippen LogP contribution >= 0.6 is 0 Å². The van der Waals surface area contributed by atoms with E-state index >= 15 is 0 Å². The van der Waals surface area contributed by atoms with Crippen molar-refractivity contribution in [3.63, 3.8) is 0 Å². The first-order valence-electron chi connectivity index (χ1n) is 8.89. The standard InChI is InChI=1S/C19H32N4O/c1-13(2)16(14(3)17(20-5)22-19(4)9-10-19)18(24)21-15-7-11-23(6)12-8-15/h15,22H,5,7-12H2,1-4,6H3,(H,21,24)/b17-14-. The molecule has 2 fully saturated rings. The van der Waals surface area contributed by atoms with Gasteiger partial charge in [0.05, 0.1) is 0 Å². The first-order valence-corrected chi connectivity index (χ1v) is 8.89. The first kappa shape index (κ1) is 18.7. The molecule has 0 unspecified atom stereocenters. The number of likely N-dealkylation sites (tertiary alicyclic amines) is 1. The number of allylic oxidation sites excluding steroid dienone is 1. The van der Waals surface area contributed by atoms with Gasteiger partial charge in [-0.3, -0.25) is 4.79 Å². The van der Waals surface area contributed by atoms with Gasteiger partial charge < -0.3 is 15.5 Å². The largest absolute Gasteiger partial charge is 0.365 e. The van der Waals surface area contributed by atoms with Gasteiger partial charge >= 0.3 is 0 Å². The minimum Gasteiger partial charge on any atom is -0.365 e. The lowest BCUT2D eigenvalue weighted by atomic mass is 9.99. The molecule has 1 aliphatic carbocycles. The van der Waals surface area contributed by atoms with Gasteiger partial charge in [-0.25, -0.2) is 4.99 Å². The lowest BCUT2D eigenvalue weighted by Crippen LogP contribution is -2.44. The molecule has 2 aliphatic rings. The maximum Gasteiger partial charge on any atom is 0.251 e. The molecule has 1 saturated carbocycles. The summed E-state index contributed by atoms with van der Waals surface area (Å²) < 4.78 is 0. The smallest absolute Gasteiger partial charge is 0.251 e. The Morgan fingerprint density at radius 1 is 1.21 bits per heavy atom. The van der Waals surface area contributed by atoms with Crippen LogP contribution in [0.2, 0.25) is 0 Å². The van der Waals surface area contributed by atoms with Crippen molar-refractivity contribution in [2.45, 2.75) is 65.0 Å². The van der Waals surface area contributed by atoms with Crippen LogP contribution < -0.4 is 10.6 Å². The van der Waals surface area contributed by atoms with Crippen LogP contribution in [-0.4, -0.2) is 49.2 Å². The quantitative estimate of drug-likeness (QED) is 0.447. The van der Waals surface area contributed by atoms with Crippen molar-refractivity contribution in [2.75, 3.05) is 20.1 Å². The van der Waals surface area contributed by atoms with E-state index in [4.69, 9.17) is 0 Å². The van der Waals surface area contributed by atoms with Crippen LogP contribution in [0.15, 0.2) is 27.5 Å². The third-order valence-corrected chi connectivity index (χ3v) is 5.09. The molecule has 5 nitrogen and oxygen atoms in total. The van der Waals surface area contributed by atoms with Gasteiger partial charge in [-0.15, -0.1) is 0 Å². The van der Waals surface area contributed by atoms with Crippen LogP contribution in [-0.2, 0) is 4.79 Å². The van der Waals surface area contributed by atoms with E-state index in [9.17, 15) is 4.79 Å². The monoisotopic (exact) mass is 332 g/mol. The molecule has 0 aromatic carbocycles. The fraction of sp³-hybridized carbons (Fsp3) is 0.684. The summed E-state index contributed by atoms with van der Waals surface area (Å²) in [5.74, 6) is 0.732. The van der Waals surface area contributed by atoms with E-state index < -0.39 is 0 Å². The lowest BCUT2D eigenvalue weighted by molar-refractivity contribution is -0.118. The topological polar surface area (TPSA) is 56.7 Å². The van der Waals surface area contributed by atoms with Gasteiger partial charge in [0, 0.05) is 22.7 Å². The highest BCUT2D eigenvalue weighted by atomic mass is 16.1. The third-order valence-electron chi connectivity index (χ3n) is 5.09. The van der Waals surface area contributed by atoms with Gasteiger partial charge in [0.1, 0.15) is 5.82 Å². The molecule has 1 heterocycles. The molecule has 5 heteroatoms. The molecule has 1 amide bonds. The van der Waals surface area contributed by atoms with Crippen LogP contribution in [0, 0.1) is 0 Å². The van der Waals surface area contributed by atoms with E-state index in [1.54, 1.807) is 0 Å². The van der Waals surface area contributed by atoms with Crippen molar-refractivity contribution < 1.29 is 4.79 Å². The van der Waals surface area contributed by atoms with E-state index in [-0.39, 0.29) is 17.5 Å². The Kier molecular flexibility index (Phi) is 5.86. The zero-order valence-electron chi connectivity index (χ0n) is 15.8. The maximum atomic E-state index is 12.9. The summed E-state index contributed by atoms with van der Waals surface area (Å²) in [5, 5.41) is 6.66. The van der Waals surface area contributed by atoms with Gasteiger partial charge in [0.25, 0.3) is 5.91 Å². The fourth-order valence-corrected chi connectivity index (χ4v) is 3.15. The average molecular weight is 332 g/mol. The molecular formula is C19H32N4O. The van der Waals surface area contributed by atoms with Gasteiger partial charge in [-0.1, -0.05) is 5.57 Å². The molecule has 2 N–H and O–H groups in total. The van der Waals surface area contributed by atoms with E-state index in [0.717, 1.165) is 61.3 Å². The van der Waals surface area contributed by atoms with Gasteiger partial charge in [0.2, 0.25) is 0 Å². The predicted molar refractivity (Wildman–Crippen MR) is 100 cm³/mol. The maximum absolute atomic E-state index is 12.9. The Hall–Kier alpha value is -1.62. The molecule has 134 valence electrons. The number of hydrogen-bond donors (Lipinski definition) is 2. The van der Waals surface area contributed by atoms with Crippen LogP contribution in [0.5, 0.6) is 0 Å². The predicted octanol–water partition coefficient (Wildman–Crippen LogP) is 2.61. The second-order valence-electron chi connectivity index (χ2n) is 7.74. The molecule has 0 aromatic rings. The molecule has 24 heavy (non-hydrogen) atoms. The molecule has 1 saturated heterocycles. The minimum absolute atomic E-state index is 0.00551. The third kappa shape index (κ3) is 4.69. The minimum atomic E-state index is 0.00551. The van der Waals surface area contributed by atoms with Crippen molar-refractivity contribution in [3.8, 4) is 0 Å². The Morgan fingerprint density at radius 3 is 2.25 bits per heavy atom. The zero-order chi connectivity index (χ0) is 17.9. The second-order valence-corrected chi connectivity index (χ2v) is 7.74. The van der Waals surface area contributed by atoms with E-state index in [0.29, 0.717) is 0 Å². The molecule has 0 atom stereocenters. The van der Waals surface area contributed by atoms with E-state index in [1.165, 1.54) is 0 Å². The number of amides is 1. The highest BCUT2D eigenvalue weighted by molar-refractivity contribution is 5.98. The molecule has 2 rings (SSSR count). The van der Waals surface area contributed by atoms with E-state index in [2.05, 4.69) is 41.2 Å². The van der Waals surface area contributed by atoms with Gasteiger partial charge in [-0.2, -0.15) is 0 Å². The van der Waals surface area contributed by atoms with Crippen LogP contribution in [0.4, 0.5) is 0 Å². The Morgan fingerprint density at radius 2 is 1.79 bits per heavy atom. The molecule has 0 aromatic heterocycles. The number of carbonyl (C=O) groups is 1. The Labute approximate surface area is 146 Å². The number of carbonyl (C=O) groups excluding carboxylic acids is 1. The van der Waals surface area contributed by atoms with Gasteiger partial charge in [0.15, 0.2) is 0 Å². The second kappa shape index (κ2) is 7.51. The summed E-state index contributed by atoms with van der Waals surface area (Å²) in [6.07, 6.45) is 4.27. The number of aliphatic imine (C=N–C) groups is 1. The summed E-state index contributed by atoms with van der Waals surface area (Å²) in [4.78, 5) is 19.3. The Bertz CT molecular complexity index is 560. The van der Waals surface area contributed by atoms with Crippen molar-refractivity contribution in [1.29, 1.82) is 0 Å². The van der Waals surface area contributed by atoms with Gasteiger partial charge in [-0.05, 0) is 80.2 Å². The zero-order valence-corrected chi connectivity index (χ0v) is 15.8. The SMILES string of the molecule is C=N/C(NC1(C)CC1)=C(\C)C(C(=O)NC1CCN(C)CC1)=C(C)C. The summed E-state index contributed by atoms with van der Waals surface area (Å²) in [7, 11) is 2.12. The highest BCUT2D eigenvalue weighted by Crippen LogP contribution is 2.36. The molecule has 0 spiro atoms. The van der Waals surface area contributed by atoms with Crippen molar-refractivity contribution in [2.24, 2.45) is 4.99 Å². The first-order chi connectivity index (χ1) is 11.3. The van der Waals surface area contributed by atoms with E-state index in [1.807, 2.05) is 20.8 Å². The number of nitrogens with zero attached hydrogens (tertiary/aromatic N) is 2.